The summed E-state index contributed by atoms with van der Waals surface area (Å²) >= 11 is 0. The Morgan fingerprint density at radius 2 is 2.07 bits per heavy atom. The van der Waals surface area contributed by atoms with E-state index in [2.05, 4.69) is 11.9 Å². The first-order chi connectivity index (χ1) is 7.27. The van der Waals surface area contributed by atoms with Crippen LogP contribution in [0.4, 0.5) is 0 Å². The predicted octanol–water partition coefficient (Wildman–Crippen LogP) is 1.26. The number of aliphatic hydroxyl groups is 1. The minimum atomic E-state index is -0.113. The lowest BCUT2D eigenvalue weighted by Gasteiger charge is -2.26. The molecule has 0 aliphatic heterocycles. The summed E-state index contributed by atoms with van der Waals surface area (Å²) in [6.45, 7) is 2.71. The molecule has 0 aromatic heterocycles. The molecule has 3 nitrogen and oxygen atoms in total. The zero-order valence-corrected chi connectivity index (χ0v) is 9.69. The van der Waals surface area contributed by atoms with Crippen LogP contribution in [0.5, 0.6) is 0 Å². The van der Waals surface area contributed by atoms with Crippen LogP contribution in [0, 0.1) is 5.92 Å². The Morgan fingerprint density at radius 1 is 1.27 bits per heavy atom. The van der Waals surface area contributed by atoms with E-state index in [1.807, 2.05) is 0 Å². The van der Waals surface area contributed by atoms with Gasteiger partial charge in [0.05, 0.1) is 12.7 Å². The van der Waals surface area contributed by atoms with E-state index < -0.39 is 0 Å². The van der Waals surface area contributed by atoms with Gasteiger partial charge in [-0.25, -0.2) is 0 Å². The van der Waals surface area contributed by atoms with Crippen molar-refractivity contribution in [2.75, 3.05) is 26.8 Å². The first-order valence-electron chi connectivity index (χ1n) is 6.23. The second-order valence-corrected chi connectivity index (χ2v) is 5.06. The zero-order chi connectivity index (χ0) is 10.7. The third-order valence-electron chi connectivity index (χ3n) is 3.65. The molecular weight excluding hydrogens is 190 g/mol. The fraction of sp³-hybridized carbons (Fsp3) is 1.00. The lowest BCUT2D eigenvalue weighted by atomic mass is 10.2. The van der Waals surface area contributed by atoms with E-state index in [9.17, 15) is 5.11 Å². The van der Waals surface area contributed by atoms with Gasteiger partial charge in [0.2, 0.25) is 0 Å². The van der Waals surface area contributed by atoms with Crippen LogP contribution < -0.4 is 0 Å². The van der Waals surface area contributed by atoms with Crippen LogP contribution in [0.1, 0.15) is 32.1 Å². The van der Waals surface area contributed by atoms with Gasteiger partial charge in [0, 0.05) is 19.2 Å². The van der Waals surface area contributed by atoms with Crippen LogP contribution >= 0.6 is 0 Å². The van der Waals surface area contributed by atoms with Gasteiger partial charge in [-0.15, -0.1) is 0 Å². The molecule has 3 heteroatoms. The number of likely N-dealkylation sites (N-methyl/N-ethyl adjacent to an activating group) is 1. The minimum Gasteiger partial charge on any atom is -0.391 e. The van der Waals surface area contributed by atoms with Gasteiger partial charge in [0.1, 0.15) is 0 Å². The Hall–Kier alpha value is -0.120. The second kappa shape index (κ2) is 5.28. The molecule has 2 fully saturated rings. The molecule has 0 unspecified atom stereocenters. The highest BCUT2D eigenvalue weighted by atomic mass is 16.5. The van der Waals surface area contributed by atoms with Gasteiger partial charge in [-0.05, 0) is 45.1 Å². The van der Waals surface area contributed by atoms with Crippen molar-refractivity contribution in [2.24, 2.45) is 5.92 Å². The fourth-order valence-electron chi connectivity index (χ4n) is 2.34. The topological polar surface area (TPSA) is 32.7 Å². The Bertz CT molecular complexity index is 194. The van der Waals surface area contributed by atoms with Gasteiger partial charge >= 0.3 is 0 Å². The number of hydrogen-bond donors (Lipinski definition) is 1. The van der Waals surface area contributed by atoms with Crippen molar-refractivity contribution in [3.05, 3.63) is 0 Å². The van der Waals surface area contributed by atoms with Crippen molar-refractivity contribution in [3.63, 3.8) is 0 Å². The average Bonchev–Trinajstić information content (AvgIpc) is 2.94. The number of nitrogens with zero attached hydrogens (tertiary/aromatic N) is 1. The predicted molar refractivity (Wildman–Crippen MR) is 59.8 cm³/mol. The maximum Gasteiger partial charge on any atom is 0.0695 e. The number of ether oxygens (including phenoxy) is 1. The van der Waals surface area contributed by atoms with E-state index in [1.54, 1.807) is 0 Å². The molecule has 2 saturated carbocycles. The molecule has 15 heavy (non-hydrogen) atoms. The largest absolute Gasteiger partial charge is 0.391 e. The molecule has 0 radical (unpaired) electrons. The highest BCUT2D eigenvalue weighted by Crippen LogP contribution is 2.28. The summed E-state index contributed by atoms with van der Waals surface area (Å²) in [6.07, 6.45) is 5.88. The zero-order valence-electron chi connectivity index (χ0n) is 9.69. The molecule has 88 valence electrons. The monoisotopic (exact) mass is 213 g/mol. The smallest absolute Gasteiger partial charge is 0.0695 e. The lowest BCUT2D eigenvalue weighted by Crippen LogP contribution is -2.39. The van der Waals surface area contributed by atoms with Crippen molar-refractivity contribution in [3.8, 4) is 0 Å². The normalized spacial score (nSPS) is 31.4. The maximum atomic E-state index is 9.73. The van der Waals surface area contributed by atoms with Gasteiger partial charge in [-0.1, -0.05) is 0 Å². The Kier molecular flexibility index (Phi) is 4.00. The van der Waals surface area contributed by atoms with E-state index in [0.29, 0.717) is 6.04 Å². The van der Waals surface area contributed by atoms with Crippen LogP contribution in [-0.4, -0.2) is 49.0 Å². The summed E-state index contributed by atoms with van der Waals surface area (Å²) in [5.74, 6) is 0.854. The first-order valence-corrected chi connectivity index (χ1v) is 6.23. The summed E-state index contributed by atoms with van der Waals surface area (Å²) < 4.78 is 5.60. The fourth-order valence-corrected chi connectivity index (χ4v) is 2.34. The number of hydrogen-bond acceptors (Lipinski definition) is 3. The lowest BCUT2D eigenvalue weighted by molar-refractivity contribution is 0.0534. The van der Waals surface area contributed by atoms with Gasteiger partial charge in [-0.3, -0.25) is 4.90 Å². The Morgan fingerprint density at radius 3 is 2.67 bits per heavy atom. The molecule has 0 saturated heterocycles. The van der Waals surface area contributed by atoms with Crippen LogP contribution in [0.2, 0.25) is 0 Å². The quantitative estimate of drug-likeness (QED) is 0.674. The average molecular weight is 213 g/mol. The molecule has 0 heterocycles. The summed E-state index contributed by atoms with van der Waals surface area (Å²) in [4.78, 5) is 2.25. The molecule has 2 aliphatic carbocycles. The molecule has 0 bridgehead atoms. The molecule has 1 N–H and O–H groups in total. The molecule has 2 atom stereocenters. The van der Waals surface area contributed by atoms with Crippen molar-refractivity contribution < 1.29 is 9.84 Å². The van der Waals surface area contributed by atoms with Gasteiger partial charge in [-0.2, -0.15) is 0 Å². The van der Waals surface area contributed by atoms with Gasteiger partial charge in [0.25, 0.3) is 0 Å². The molecule has 0 aromatic carbocycles. The van der Waals surface area contributed by atoms with Crippen LogP contribution in [0.3, 0.4) is 0 Å². The Labute approximate surface area is 92.4 Å². The molecule has 0 amide bonds. The van der Waals surface area contributed by atoms with Gasteiger partial charge < -0.3 is 9.84 Å². The SMILES string of the molecule is CN(CCOCC1CC1)[C@H]1CCC[C@@H]1O. The highest BCUT2D eigenvalue weighted by molar-refractivity contribution is 4.83. The molecule has 0 spiro atoms. The van der Waals surface area contributed by atoms with E-state index >= 15 is 0 Å². The van der Waals surface area contributed by atoms with Crippen LogP contribution in [0.25, 0.3) is 0 Å². The van der Waals surface area contributed by atoms with E-state index in [0.717, 1.165) is 38.5 Å². The highest BCUT2D eigenvalue weighted by Gasteiger charge is 2.28. The van der Waals surface area contributed by atoms with Crippen LogP contribution in [-0.2, 0) is 4.74 Å². The standard InChI is InChI=1S/C12H23NO2/c1-13(11-3-2-4-12(11)14)7-8-15-9-10-5-6-10/h10-12,14H,2-9H2,1H3/t11-,12-/m0/s1. The van der Waals surface area contributed by atoms with E-state index in [-0.39, 0.29) is 6.10 Å². The summed E-state index contributed by atoms with van der Waals surface area (Å²) in [6, 6.07) is 0.370. The van der Waals surface area contributed by atoms with Crippen molar-refractivity contribution in [1.29, 1.82) is 0 Å². The van der Waals surface area contributed by atoms with Crippen LogP contribution in [0.15, 0.2) is 0 Å². The van der Waals surface area contributed by atoms with Crippen molar-refractivity contribution in [1.82, 2.24) is 4.90 Å². The molecular formula is C12H23NO2. The third kappa shape index (κ3) is 3.44. The van der Waals surface area contributed by atoms with Gasteiger partial charge in [0.15, 0.2) is 0 Å². The van der Waals surface area contributed by atoms with E-state index in [4.69, 9.17) is 4.74 Å². The minimum absolute atomic E-state index is 0.113. The first kappa shape index (κ1) is 11.4. The summed E-state index contributed by atoms with van der Waals surface area (Å²) in [7, 11) is 2.10. The van der Waals surface area contributed by atoms with Crippen molar-refractivity contribution >= 4 is 0 Å². The molecule has 2 rings (SSSR count). The maximum absolute atomic E-state index is 9.73. The molecule has 0 aromatic rings. The van der Waals surface area contributed by atoms with Crippen molar-refractivity contribution in [2.45, 2.75) is 44.2 Å². The Balaban J connectivity index is 1.56. The number of aliphatic hydroxyl groups excluding tert-OH is 1. The molecule has 2 aliphatic rings. The third-order valence-corrected chi connectivity index (χ3v) is 3.65. The second-order valence-electron chi connectivity index (χ2n) is 5.06. The summed E-state index contributed by atoms with van der Waals surface area (Å²) in [5, 5.41) is 9.73. The number of rotatable bonds is 6. The van der Waals surface area contributed by atoms with E-state index in [1.165, 1.54) is 19.3 Å². The summed E-state index contributed by atoms with van der Waals surface area (Å²) in [5.41, 5.74) is 0.